The van der Waals surface area contributed by atoms with Gasteiger partial charge in [0, 0.05) is 44.8 Å². The van der Waals surface area contributed by atoms with Gasteiger partial charge in [0.15, 0.2) is 0 Å². The Morgan fingerprint density at radius 1 is 1.20 bits per heavy atom. The van der Waals surface area contributed by atoms with E-state index in [0.717, 1.165) is 44.0 Å². The van der Waals surface area contributed by atoms with Crippen LogP contribution in [0, 0.1) is 0 Å². The molecule has 1 fully saturated rings. The fourth-order valence-corrected chi connectivity index (χ4v) is 2.40. The van der Waals surface area contributed by atoms with Crippen LogP contribution >= 0.6 is 0 Å². The molecule has 1 amide bonds. The van der Waals surface area contributed by atoms with Crippen molar-refractivity contribution in [2.45, 2.75) is 6.92 Å². The minimum atomic E-state index is 0.0976. The molecule has 0 saturated carbocycles. The third-order valence-corrected chi connectivity index (χ3v) is 3.52. The summed E-state index contributed by atoms with van der Waals surface area (Å²) in [7, 11) is 0. The lowest BCUT2D eigenvalue weighted by molar-refractivity contribution is 0.0641. The van der Waals surface area contributed by atoms with Crippen molar-refractivity contribution in [3.05, 3.63) is 29.8 Å². The van der Waals surface area contributed by atoms with E-state index < -0.39 is 0 Å². The van der Waals surface area contributed by atoms with Gasteiger partial charge >= 0.3 is 0 Å². The van der Waals surface area contributed by atoms with Crippen LogP contribution in [0.15, 0.2) is 24.3 Å². The molecule has 1 saturated heterocycles. The molecule has 0 unspecified atom stereocenters. The predicted molar refractivity (Wildman–Crippen MR) is 79.0 cm³/mol. The maximum absolute atomic E-state index is 12.4. The van der Waals surface area contributed by atoms with E-state index in [2.05, 4.69) is 4.90 Å². The van der Waals surface area contributed by atoms with Crippen molar-refractivity contribution in [2.75, 3.05) is 45.9 Å². The third-order valence-electron chi connectivity index (χ3n) is 3.52. The lowest BCUT2D eigenvalue weighted by atomic mass is 10.1. The second-order valence-electron chi connectivity index (χ2n) is 4.88. The normalized spacial score (nSPS) is 16.2. The zero-order chi connectivity index (χ0) is 14.4. The van der Waals surface area contributed by atoms with Gasteiger partial charge in [0.05, 0.1) is 6.61 Å². The first kappa shape index (κ1) is 14.8. The van der Waals surface area contributed by atoms with E-state index in [1.165, 1.54) is 0 Å². The number of nitrogens with zero attached hydrogens (tertiary/aromatic N) is 2. The molecule has 0 radical (unpaired) electrons. The van der Waals surface area contributed by atoms with Gasteiger partial charge in [0.1, 0.15) is 5.75 Å². The van der Waals surface area contributed by atoms with Gasteiger partial charge in [0.2, 0.25) is 0 Å². The standard InChI is InChI=1S/C15H23N3O2/c1-2-20-14-5-3-13(4-6-14)15(19)18-11-9-17(8-7-16)10-12-18/h3-6H,2,7-12,16H2,1H3. The Balaban J connectivity index is 1.91. The van der Waals surface area contributed by atoms with Crippen molar-refractivity contribution in [3.63, 3.8) is 0 Å². The molecule has 1 aromatic rings. The molecule has 0 bridgehead atoms. The fourth-order valence-electron chi connectivity index (χ4n) is 2.40. The van der Waals surface area contributed by atoms with Crippen molar-refractivity contribution in [1.29, 1.82) is 0 Å². The van der Waals surface area contributed by atoms with Gasteiger partial charge in [-0.2, -0.15) is 0 Å². The summed E-state index contributed by atoms with van der Waals surface area (Å²) in [5, 5.41) is 0. The summed E-state index contributed by atoms with van der Waals surface area (Å²) in [4.78, 5) is 16.6. The van der Waals surface area contributed by atoms with Crippen molar-refractivity contribution >= 4 is 5.91 Å². The van der Waals surface area contributed by atoms with Crippen LogP contribution in [0.25, 0.3) is 0 Å². The Morgan fingerprint density at radius 2 is 1.85 bits per heavy atom. The number of amides is 1. The summed E-state index contributed by atoms with van der Waals surface area (Å²) in [6.07, 6.45) is 0. The van der Waals surface area contributed by atoms with Crippen LogP contribution in [0.4, 0.5) is 0 Å². The number of carbonyl (C=O) groups is 1. The molecule has 1 heterocycles. The number of rotatable bonds is 5. The minimum Gasteiger partial charge on any atom is -0.494 e. The van der Waals surface area contributed by atoms with Crippen molar-refractivity contribution in [3.8, 4) is 5.75 Å². The summed E-state index contributed by atoms with van der Waals surface area (Å²) in [6.45, 7) is 7.51. The van der Waals surface area contributed by atoms with Crippen LogP contribution in [0.3, 0.4) is 0 Å². The highest BCUT2D eigenvalue weighted by Gasteiger charge is 2.21. The molecule has 110 valence electrons. The average Bonchev–Trinajstić information content (AvgIpc) is 2.49. The monoisotopic (exact) mass is 277 g/mol. The molecule has 2 N–H and O–H groups in total. The first-order chi connectivity index (χ1) is 9.74. The van der Waals surface area contributed by atoms with Gasteiger partial charge in [0.25, 0.3) is 5.91 Å². The lowest BCUT2D eigenvalue weighted by Gasteiger charge is -2.34. The van der Waals surface area contributed by atoms with Gasteiger partial charge < -0.3 is 15.4 Å². The molecule has 5 heteroatoms. The number of carbonyl (C=O) groups excluding carboxylic acids is 1. The smallest absolute Gasteiger partial charge is 0.253 e. The quantitative estimate of drug-likeness (QED) is 0.865. The van der Waals surface area contributed by atoms with Gasteiger partial charge in [-0.15, -0.1) is 0 Å². The molecule has 1 aliphatic rings. The predicted octanol–water partition coefficient (Wildman–Crippen LogP) is 0.802. The zero-order valence-electron chi connectivity index (χ0n) is 12.0. The zero-order valence-corrected chi connectivity index (χ0v) is 12.0. The van der Waals surface area contributed by atoms with Crippen molar-refractivity contribution in [1.82, 2.24) is 9.80 Å². The fraction of sp³-hybridized carbons (Fsp3) is 0.533. The number of hydrogen-bond donors (Lipinski definition) is 1. The highest BCUT2D eigenvalue weighted by Crippen LogP contribution is 2.14. The summed E-state index contributed by atoms with van der Waals surface area (Å²) < 4.78 is 5.38. The molecule has 1 aromatic carbocycles. The Labute approximate surface area is 120 Å². The second-order valence-corrected chi connectivity index (χ2v) is 4.88. The van der Waals surface area contributed by atoms with Crippen LogP contribution in [0.1, 0.15) is 17.3 Å². The molecule has 5 nitrogen and oxygen atoms in total. The lowest BCUT2D eigenvalue weighted by Crippen LogP contribution is -2.49. The molecular weight excluding hydrogens is 254 g/mol. The van der Waals surface area contributed by atoms with Crippen LogP contribution in [0.2, 0.25) is 0 Å². The van der Waals surface area contributed by atoms with E-state index in [9.17, 15) is 4.79 Å². The van der Waals surface area contributed by atoms with Gasteiger partial charge in [-0.05, 0) is 31.2 Å². The number of nitrogens with two attached hydrogens (primary N) is 1. The van der Waals surface area contributed by atoms with Crippen LogP contribution < -0.4 is 10.5 Å². The summed E-state index contributed by atoms with van der Waals surface area (Å²) >= 11 is 0. The summed E-state index contributed by atoms with van der Waals surface area (Å²) in [5.41, 5.74) is 6.27. The number of ether oxygens (including phenoxy) is 1. The Bertz CT molecular complexity index is 425. The first-order valence-corrected chi connectivity index (χ1v) is 7.19. The van der Waals surface area contributed by atoms with E-state index >= 15 is 0 Å². The maximum atomic E-state index is 12.4. The molecule has 2 rings (SSSR count). The SMILES string of the molecule is CCOc1ccc(C(=O)N2CCN(CCN)CC2)cc1. The van der Waals surface area contributed by atoms with Gasteiger partial charge in [-0.1, -0.05) is 0 Å². The molecule has 20 heavy (non-hydrogen) atoms. The second kappa shape index (κ2) is 7.26. The molecule has 0 atom stereocenters. The van der Waals surface area contributed by atoms with Crippen molar-refractivity contribution < 1.29 is 9.53 Å². The Morgan fingerprint density at radius 3 is 2.40 bits per heavy atom. The molecule has 0 aromatic heterocycles. The molecule has 0 aliphatic carbocycles. The number of hydrogen-bond acceptors (Lipinski definition) is 4. The van der Waals surface area contributed by atoms with Crippen LogP contribution in [-0.2, 0) is 0 Å². The van der Waals surface area contributed by atoms with E-state index in [0.29, 0.717) is 13.2 Å². The number of benzene rings is 1. The maximum Gasteiger partial charge on any atom is 0.253 e. The summed E-state index contributed by atoms with van der Waals surface area (Å²) in [5.74, 6) is 0.900. The Hall–Kier alpha value is -1.59. The van der Waals surface area contributed by atoms with E-state index in [1.54, 1.807) is 0 Å². The van der Waals surface area contributed by atoms with Crippen molar-refractivity contribution in [2.24, 2.45) is 5.73 Å². The summed E-state index contributed by atoms with van der Waals surface area (Å²) in [6, 6.07) is 7.36. The first-order valence-electron chi connectivity index (χ1n) is 7.19. The van der Waals surface area contributed by atoms with E-state index in [1.807, 2.05) is 36.1 Å². The Kier molecular flexibility index (Phi) is 5.38. The molecule has 0 spiro atoms. The van der Waals surface area contributed by atoms with Gasteiger partial charge in [-0.3, -0.25) is 9.69 Å². The van der Waals surface area contributed by atoms with Crippen LogP contribution in [0.5, 0.6) is 5.75 Å². The highest BCUT2D eigenvalue weighted by molar-refractivity contribution is 5.94. The average molecular weight is 277 g/mol. The van der Waals surface area contributed by atoms with Crippen LogP contribution in [-0.4, -0.2) is 61.6 Å². The van der Waals surface area contributed by atoms with Gasteiger partial charge in [-0.25, -0.2) is 0 Å². The van der Waals surface area contributed by atoms with E-state index in [-0.39, 0.29) is 5.91 Å². The molecular formula is C15H23N3O2. The topological polar surface area (TPSA) is 58.8 Å². The highest BCUT2D eigenvalue weighted by atomic mass is 16.5. The minimum absolute atomic E-state index is 0.0976. The third kappa shape index (κ3) is 3.71. The van der Waals surface area contributed by atoms with E-state index in [4.69, 9.17) is 10.5 Å². The number of piperazine rings is 1. The largest absolute Gasteiger partial charge is 0.494 e. The molecule has 1 aliphatic heterocycles.